The van der Waals surface area contributed by atoms with E-state index >= 15 is 0 Å². The Hall–Kier alpha value is -5.01. The van der Waals surface area contributed by atoms with Crippen molar-refractivity contribution in [3.8, 4) is 0 Å². The summed E-state index contributed by atoms with van der Waals surface area (Å²) in [7, 11) is 6.08. The molecule has 0 saturated carbocycles. The molecule has 13 nitrogen and oxygen atoms in total. The lowest BCUT2D eigenvalue weighted by Crippen LogP contribution is -2.37. The van der Waals surface area contributed by atoms with E-state index in [2.05, 4.69) is 10.3 Å². The van der Waals surface area contributed by atoms with E-state index in [1.165, 1.54) is 49.6 Å². The summed E-state index contributed by atoms with van der Waals surface area (Å²) in [6.45, 7) is 5.62. The molecule has 1 atom stereocenters. The van der Waals surface area contributed by atoms with Crippen molar-refractivity contribution in [3.05, 3.63) is 70.3 Å². The highest BCUT2D eigenvalue weighted by Gasteiger charge is 2.26. The standard InChI is InChI=1S/C31H39FN6O7/c1-31(2,3)15-20-13-21(32)12-19-14-22(38(26(19)20)29(42)43)17-37-18-33-16-23(28(37)41)34-27(40)24(45-30(44)36(6)7)10-8-9-11-25(39)35(4)5/h9,11-14,16,18,24H,8,10,15,17H2,1-7H3,(H,34,40)(H,42,43). The van der Waals surface area contributed by atoms with Crippen molar-refractivity contribution in [2.45, 2.75) is 52.7 Å². The fourth-order valence-corrected chi connectivity index (χ4v) is 4.58. The number of benzene rings is 1. The SMILES string of the molecule is CN(C)C(=O)C=CCCC(OC(=O)N(C)C)C(=O)Nc1cncn(Cc2cc3cc(F)cc(CC(C)(C)C)c3n2C(=O)O)c1=O. The third-order valence-corrected chi connectivity index (χ3v) is 6.62. The number of hydrogen-bond donors (Lipinski definition) is 2. The highest BCUT2D eigenvalue weighted by molar-refractivity contribution is 5.95. The van der Waals surface area contributed by atoms with E-state index in [1.54, 1.807) is 20.2 Å². The van der Waals surface area contributed by atoms with E-state index in [-0.39, 0.29) is 42.1 Å². The van der Waals surface area contributed by atoms with Gasteiger partial charge in [0.1, 0.15) is 11.5 Å². The molecule has 0 fully saturated rings. The number of ether oxygens (including phenoxy) is 1. The molecule has 0 aliphatic heterocycles. The number of aromatic nitrogens is 3. The largest absolute Gasteiger partial charge is 0.464 e. The second-order valence-electron chi connectivity index (χ2n) is 12.2. The van der Waals surface area contributed by atoms with Gasteiger partial charge in [0.2, 0.25) is 5.91 Å². The first-order valence-corrected chi connectivity index (χ1v) is 14.2. The van der Waals surface area contributed by atoms with E-state index in [9.17, 15) is 33.5 Å². The Bertz CT molecular complexity index is 1680. The zero-order chi connectivity index (χ0) is 33.6. The number of carbonyl (C=O) groups excluding carboxylic acids is 3. The van der Waals surface area contributed by atoms with Crippen molar-refractivity contribution in [3.63, 3.8) is 0 Å². The fourth-order valence-electron chi connectivity index (χ4n) is 4.58. The maximum absolute atomic E-state index is 14.5. The number of amides is 3. The summed E-state index contributed by atoms with van der Waals surface area (Å²) in [5, 5.41) is 12.9. The second-order valence-corrected chi connectivity index (χ2v) is 12.2. The lowest BCUT2D eigenvalue weighted by Gasteiger charge is -2.20. The van der Waals surface area contributed by atoms with Gasteiger partial charge in [0.15, 0.2) is 6.10 Å². The van der Waals surface area contributed by atoms with Crippen LogP contribution in [0.15, 0.2) is 47.7 Å². The van der Waals surface area contributed by atoms with Crippen LogP contribution in [-0.2, 0) is 27.3 Å². The van der Waals surface area contributed by atoms with Gasteiger partial charge in [0.05, 0.1) is 30.3 Å². The fraction of sp³-hybridized carbons (Fsp3) is 0.419. The number of rotatable bonds is 10. The number of halogens is 1. The molecular weight excluding hydrogens is 587 g/mol. The monoisotopic (exact) mass is 626 g/mol. The van der Waals surface area contributed by atoms with E-state index in [0.717, 1.165) is 20.2 Å². The Morgan fingerprint density at radius 2 is 1.80 bits per heavy atom. The lowest BCUT2D eigenvalue weighted by atomic mass is 9.87. The molecule has 2 N–H and O–H groups in total. The van der Waals surface area contributed by atoms with E-state index < -0.39 is 35.6 Å². The van der Waals surface area contributed by atoms with Gasteiger partial charge in [-0.05, 0) is 54.5 Å². The Kier molecular flexibility index (Phi) is 10.9. The summed E-state index contributed by atoms with van der Waals surface area (Å²) >= 11 is 0. The molecular formula is C31H39FN6O7. The molecule has 0 bridgehead atoms. The molecule has 2 heterocycles. The van der Waals surface area contributed by atoms with E-state index in [1.807, 2.05) is 20.8 Å². The number of anilines is 1. The van der Waals surface area contributed by atoms with Crippen molar-refractivity contribution in [1.82, 2.24) is 23.9 Å². The van der Waals surface area contributed by atoms with Crippen LogP contribution in [0, 0.1) is 11.2 Å². The van der Waals surface area contributed by atoms with Gasteiger partial charge in [0, 0.05) is 33.6 Å². The van der Waals surface area contributed by atoms with E-state index in [4.69, 9.17) is 4.74 Å². The minimum Gasteiger partial charge on any atom is -0.464 e. The van der Waals surface area contributed by atoms with Crippen molar-refractivity contribution in [2.75, 3.05) is 33.5 Å². The highest BCUT2D eigenvalue weighted by Crippen LogP contribution is 2.30. The minimum atomic E-state index is -1.31. The number of nitrogens with zero attached hydrogens (tertiary/aromatic N) is 5. The molecule has 0 aliphatic rings. The number of carboxylic acid groups (broad SMARTS) is 1. The Balaban J connectivity index is 1.92. The molecule has 2 aromatic heterocycles. The van der Waals surface area contributed by atoms with Gasteiger partial charge in [0.25, 0.3) is 11.5 Å². The second kappa shape index (κ2) is 14.2. The number of likely N-dealkylation sites (N-methyl/N-ethyl adjacent to an activating group) is 1. The average molecular weight is 627 g/mol. The maximum atomic E-state index is 14.5. The van der Waals surface area contributed by atoms with Crippen LogP contribution in [0.5, 0.6) is 0 Å². The summed E-state index contributed by atoms with van der Waals surface area (Å²) in [4.78, 5) is 69.6. The predicted molar refractivity (Wildman–Crippen MR) is 166 cm³/mol. The number of carbonyl (C=O) groups is 4. The summed E-state index contributed by atoms with van der Waals surface area (Å²) in [5.74, 6) is -1.56. The molecule has 1 unspecified atom stereocenters. The van der Waals surface area contributed by atoms with Gasteiger partial charge < -0.3 is 25.0 Å². The molecule has 242 valence electrons. The number of allylic oxidation sites excluding steroid dienone is 1. The third kappa shape index (κ3) is 9.00. The van der Waals surface area contributed by atoms with E-state index in [0.29, 0.717) is 22.9 Å². The predicted octanol–water partition coefficient (Wildman–Crippen LogP) is 3.93. The number of hydrogen-bond acceptors (Lipinski definition) is 7. The van der Waals surface area contributed by atoms with Gasteiger partial charge >= 0.3 is 12.2 Å². The van der Waals surface area contributed by atoms with Crippen LogP contribution in [0.2, 0.25) is 0 Å². The molecule has 1 aromatic carbocycles. The summed E-state index contributed by atoms with van der Waals surface area (Å²) in [5.41, 5.74) is -0.175. The zero-order valence-corrected chi connectivity index (χ0v) is 26.5. The van der Waals surface area contributed by atoms with Gasteiger partial charge in [-0.25, -0.2) is 23.5 Å². The molecule has 0 saturated heterocycles. The van der Waals surface area contributed by atoms with Crippen LogP contribution in [0.1, 0.15) is 44.9 Å². The van der Waals surface area contributed by atoms with Crippen LogP contribution in [0.4, 0.5) is 19.7 Å². The summed E-state index contributed by atoms with van der Waals surface area (Å²) in [6, 6.07) is 4.06. The molecule has 45 heavy (non-hydrogen) atoms. The van der Waals surface area contributed by atoms with Gasteiger partial charge in [-0.3, -0.25) is 19.0 Å². The minimum absolute atomic E-state index is 0.0171. The summed E-state index contributed by atoms with van der Waals surface area (Å²) in [6.07, 6.45) is 2.43. The number of nitrogens with one attached hydrogen (secondary N) is 1. The van der Waals surface area contributed by atoms with Crippen LogP contribution < -0.4 is 10.9 Å². The maximum Gasteiger partial charge on any atom is 0.416 e. The molecule has 0 spiro atoms. The van der Waals surface area contributed by atoms with Crippen LogP contribution in [0.25, 0.3) is 10.9 Å². The smallest absolute Gasteiger partial charge is 0.416 e. The van der Waals surface area contributed by atoms with Crippen molar-refractivity contribution in [2.24, 2.45) is 5.41 Å². The van der Waals surface area contributed by atoms with Crippen LogP contribution in [-0.4, -0.2) is 87.3 Å². The Morgan fingerprint density at radius 1 is 1.11 bits per heavy atom. The van der Waals surface area contributed by atoms with Crippen LogP contribution >= 0.6 is 0 Å². The molecule has 3 aromatic rings. The third-order valence-electron chi connectivity index (χ3n) is 6.62. The van der Waals surface area contributed by atoms with Crippen LogP contribution in [0.3, 0.4) is 0 Å². The van der Waals surface area contributed by atoms with Gasteiger partial charge in [-0.1, -0.05) is 26.8 Å². The first-order valence-electron chi connectivity index (χ1n) is 14.2. The van der Waals surface area contributed by atoms with Crippen molar-refractivity contribution in [1.29, 1.82) is 0 Å². The molecule has 14 heteroatoms. The van der Waals surface area contributed by atoms with Gasteiger partial charge in [-0.15, -0.1) is 0 Å². The lowest BCUT2D eigenvalue weighted by molar-refractivity contribution is -0.125. The number of fused-ring (bicyclic) bond motifs is 1. The van der Waals surface area contributed by atoms with Crippen molar-refractivity contribution >= 4 is 40.6 Å². The molecule has 0 radical (unpaired) electrons. The quantitative estimate of drug-likeness (QED) is 0.321. The molecule has 3 rings (SSSR count). The highest BCUT2D eigenvalue weighted by atomic mass is 19.1. The Morgan fingerprint density at radius 3 is 2.40 bits per heavy atom. The first kappa shape index (κ1) is 34.5. The van der Waals surface area contributed by atoms with Gasteiger partial charge in [-0.2, -0.15) is 0 Å². The molecule has 0 aliphatic carbocycles. The Labute approximate surface area is 259 Å². The average Bonchev–Trinajstić information content (AvgIpc) is 3.29. The molecule has 3 amide bonds. The topological polar surface area (TPSA) is 156 Å². The summed E-state index contributed by atoms with van der Waals surface area (Å²) < 4.78 is 22.0. The normalized spacial score (nSPS) is 12.3. The van der Waals surface area contributed by atoms with Crippen molar-refractivity contribution < 1.29 is 33.4 Å². The first-order chi connectivity index (χ1) is 21.0. The zero-order valence-electron chi connectivity index (χ0n) is 26.5.